The van der Waals surface area contributed by atoms with Crippen molar-refractivity contribution in [3.8, 4) is 0 Å². The van der Waals surface area contributed by atoms with Gasteiger partial charge in [-0.15, -0.1) is 0 Å². The van der Waals surface area contributed by atoms with Crippen LogP contribution in [-0.2, 0) is 0 Å². The van der Waals surface area contributed by atoms with Crippen LogP contribution < -0.4 is 5.32 Å². The van der Waals surface area contributed by atoms with Crippen molar-refractivity contribution in [1.29, 1.82) is 0 Å². The summed E-state index contributed by atoms with van der Waals surface area (Å²) in [6.07, 6.45) is 0. The second-order valence-corrected chi connectivity index (χ2v) is 5.20. The average molecular weight is 332 g/mol. The molecule has 0 saturated heterocycles. The monoisotopic (exact) mass is 332 g/mol. The van der Waals surface area contributed by atoms with Gasteiger partial charge >= 0.3 is 0 Å². The number of nitrogens with zero attached hydrogens (tertiary/aromatic N) is 1. The Morgan fingerprint density at radius 1 is 1.44 bits per heavy atom. The van der Waals surface area contributed by atoms with Crippen LogP contribution >= 0.6 is 22.6 Å². The molecule has 16 heavy (non-hydrogen) atoms. The van der Waals surface area contributed by atoms with Crippen LogP contribution in [0.25, 0.3) is 0 Å². The minimum absolute atomic E-state index is 0.00921. The van der Waals surface area contributed by atoms with E-state index in [0.29, 0.717) is 6.54 Å². The minimum Gasteiger partial charge on any atom is -0.351 e. The summed E-state index contributed by atoms with van der Waals surface area (Å²) in [5.41, 5.74) is 1.87. The first-order valence-electron chi connectivity index (χ1n) is 5.20. The molecular formula is C12H17IN2O. The Kier molecular flexibility index (Phi) is 5.21. The highest BCUT2D eigenvalue weighted by Crippen LogP contribution is 2.13. The zero-order valence-electron chi connectivity index (χ0n) is 9.88. The van der Waals surface area contributed by atoms with Crippen molar-refractivity contribution in [2.45, 2.75) is 6.92 Å². The molecule has 1 N–H and O–H groups in total. The standard InChI is InChI=1S/C12H17IN2O/c1-9-4-5-11(13)10(8-9)12(16)14-6-7-15(2)3/h4-5,8H,6-7H2,1-3H3,(H,14,16). The number of nitrogens with one attached hydrogen (secondary N) is 1. The molecule has 0 heterocycles. The molecule has 0 aliphatic rings. The fourth-order valence-electron chi connectivity index (χ4n) is 1.30. The van der Waals surface area contributed by atoms with E-state index in [0.717, 1.165) is 21.2 Å². The number of halogens is 1. The van der Waals surface area contributed by atoms with Crippen LogP contribution in [0.2, 0.25) is 0 Å². The molecule has 0 radical (unpaired) electrons. The number of aryl methyl sites for hydroxylation is 1. The molecule has 1 aromatic carbocycles. The molecule has 0 atom stereocenters. The van der Waals surface area contributed by atoms with E-state index in [-0.39, 0.29) is 5.91 Å². The van der Waals surface area contributed by atoms with E-state index in [1.165, 1.54) is 0 Å². The minimum atomic E-state index is 0.00921. The van der Waals surface area contributed by atoms with Gasteiger partial charge in [-0.1, -0.05) is 11.6 Å². The number of likely N-dealkylation sites (N-methyl/N-ethyl adjacent to an activating group) is 1. The molecule has 4 heteroatoms. The van der Waals surface area contributed by atoms with E-state index in [4.69, 9.17) is 0 Å². The molecule has 0 spiro atoms. The van der Waals surface area contributed by atoms with Gasteiger partial charge in [0.1, 0.15) is 0 Å². The normalized spacial score (nSPS) is 10.6. The van der Waals surface area contributed by atoms with Crippen LogP contribution in [-0.4, -0.2) is 38.0 Å². The van der Waals surface area contributed by atoms with Gasteiger partial charge in [-0.3, -0.25) is 4.79 Å². The van der Waals surface area contributed by atoms with Crippen LogP contribution in [0.1, 0.15) is 15.9 Å². The van der Waals surface area contributed by atoms with Crippen molar-refractivity contribution >= 4 is 28.5 Å². The van der Waals surface area contributed by atoms with E-state index >= 15 is 0 Å². The van der Waals surface area contributed by atoms with E-state index in [2.05, 4.69) is 27.9 Å². The van der Waals surface area contributed by atoms with Crippen LogP contribution in [0, 0.1) is 10.5 Å². The van der Waals surface area contributed by atoms with Crippen molar-refractivity contribution in [1.82, 2.24) is 10.2 Å². The molecule has 88 valence electrons. The van der Waals surface area contributed by atoms with Crippen LogP contribution in [0.4, 0.5) is 0 Å². The van der Waals surface area contributed by atoms with Gasteiger partial charge in [0.15, 0.2) is 0 Å². The maximum absolute atomic E-state index is 11.9. The number of hydrogen-bond donors (Lipinski definition) is 1. The summed E-state index contributed by atoms with van der Waals surface area (Å²) in [6.45, 7) is 3.52. The summed E-state index contributed by atoms with van der Waals surface area (Å²) in [4.78, 5) is 13.9. The van der Waals surface area contributed by atoms with Crippen LogP contribution in [0.5, 0.6) is 0 Å². The summed E-state index contributed by atoms with van der Waals surface area (Å²) < 4.78 is 0.991. The lowest BCUT2D eigenvalue weighted by molar-refractivity contribution is 0.0950. The third-order valence-corrected chi connectivity index (χ3v) is 3.15. The zero-order valence-corrected chi connectivity index (χ0v) is 12.0. The van der Waals surface area contributed by atoms with Crippen molar-refractivity contribution in [2.75, 3.05) is 27.2 Å². The molecule has 1 amide bonds. The van der Waals surface area contributed by atoms with Gasteiger partial charge in [0.05, 0.1) is 5.56 Å². The first-order chi connectivity index (χ1) is 7.50. The summed E-state index contributed by atoms with van der Waals surface area (Å²) >= 11 is 2.19. The number of amides is 1. The second kappa shape index (κ2) is 6.20. The smallest absolute Gasteiger partial charge is 0.252 e. The lowest BCUT2D eigenvalue weighted by Gasteiger charge is -2.11. The lowest BCUT2D eigenvalue weighted by Crippen LogP contribution is -2.31. The topological polar surface area (TPSA) is 32.3 Å². The molecule has 0 fully saturated rings. The maximum Gasteiger partial charge on any atom is 0.252 e. The Bertz CT molecular complexity index is 377. The zero-order chi connectivity index (χ0) is 12.1. The Morgan fingerprint density at radius 2 is 2.12 bits per heavy atom. The average Bonchev–Trinajstić information content (AvgIpc) is 2.21. The van der Waals surface area contributed by atoms with Gasteiger partial charge in [-0.05, 0) is 55.7 Å². The molecular weight excluding hydrogens is 315 g/mol. The Morgan fingerprint density at radius 3 is 2.75 bits per heavy atom. The third kappa shape index (κ3) is 4.09. The van der Waals surface area contributed by atoms with Crippen molar-refractivity contribution < 1.29 is 4.79 Å². The summed E-state index contributed by atoms with van der Waals surface area (Å²) in [6, 6.07) is 5.90. The first-order valence-corrected chi connectivity index (χ1v) is 6.27. The Labute approximate surface area is 110 Å². The van der Waals surface area contributed by atoms with Gasteiger partial charge in [-0.25, -0.2) is 0 Å². The Balaban J connectivity index is 2.62. The fraction of sp³-hybridized carbons (Fsp3) is 0.417. The summed E-state index contributed by atoms with van der Waals surface area (Å²) in [7, 11) is 3.98. The molecule has 1 rings (SSSR count). The summed E-state index contributed by atoms with van der Waals surface area (Å²) in [5.74, 6) is 0.00921. The van der Waals surface area contributed by atoms with E-state index < -0.39 is 0 Å². The largest absolute Gasteiger partial charge is 0.351 e. The highest BCUT2D eigenvalue weighted by molar-refractivity contribution is 14.1. The van der Waals surface area contributed by atoms with Gasteiger partial charge < -0.3 is 10.2 Å². The second-order valence-electron chi connectivity index (χ2n) is 4.04. The van der Waals surface area contributed by atoms with E-state index in [1.54, 1.807) is 0 Å². The van der Waals surface area contributed by atoms with Crippen molar-refractivity contribution in [3.63, 3.8) is 0 Å². The third-order valence-electron chi connectivity index (χ3n) is 2.21. The number of hydrogen-bond acceptors (Lipinski definition) is 2. The highest BCUT2D eigenvalue weighted by atomic mass is 127. The van der Waals surface area contributed by atoms with Gasteiger partial charge in [-0.2, -0.15) is 0 Å². The molecule has 1 aromatic rings. The molecule has 0 unspecified atom stereocenters. The number of carbonyl (C=O) groups excluding carboxylic acids is 1. The predicted octanol–water partition coefficient (Wildman–Crippen LogP) is 1.89. The van der Waals surface area contributed by atoms with Crippen molar-refractivity contribution in [2.24, 2.45) is 0 Å². The molecule has 0 saturated carbocycles. The van der Waals surface area contributed by atoms with Gasteiger partial charge in [0, 0.05) is 16.7 Å². The molecule has 0 aliphatic heterocycles. The van der Waals surface area contributed by atoms with Crippen molar-refractivity contribution in [3.05, 3.63) is 32.9 Å². The highest BCUT2D eigenvalue weighted by Gasteiger charge is 2.09. The number of benzene rings is 1. The lowest BCUT2D eigenvalue weighted by atomic mass is 10.1. The number of carbonyl (C=O) groups is 1. The molecule has 3 nitrogen and oxygen atoms in total. The number of rotatable bonds is 4. The maximum atomic E-state index is 11.9. The fourth-order valence-corrected chi connectivity index (χ4v) is 1.88. The molecule has 0 bridgehead atoms. The molecule has 0 aliphatic carbocycles. The first kappa shape index (κ1) is 13.4. The van der Waals surface area contributed by atoms with Gasteiger partial charge in [0.2, 0.25) is 0 Å². The molecule has 0 aromatic heterocycles. The predicted molar refractivity (Wildman–Crippen MR) is 74.8 cm³/mol. The quantitative estimate of drug-likeness (QED) is 0.854. The van der Waals surface area contributed by atoms with E-state index in [9.17, 15) is 4.79 Å². The summed E-state index contributed by atoms with van der Waals surface area (Å²) in [5, 5.41) is 2.91. The van der Waals surface area contributed by atoms with Crippen LogP contribution in [0.3, 0.4) is 0 Å². The Hall–Kier alpha value is -0.620. The SMILES string of the molecule is Cc1ccc(I)c(C(=O)NCCN(C)C)c1. The van der Waals surface area contributed by atoms with Crippen LogP contribution in [0.15, 0.2) is 18.2 Å². The van der Waals surface area contributed by atoms with Gasteiger partial charge in [0.25, 0.3) is 5.91 Å². The van der Waals surface area contributed by atoms with E-state index in [1.807, 2.05) is 44.1 Å².